The highest BCUT2D eigenvalue weighted by molar-refractivity contribution is 8.00. The molecule has 1 atom stereocenters. The molecule has 0 radical (unpaired) electrons. The van der Waals surface area contributed by atoms with Crippen LogP contribution >= 0.6 is 11.8 Å². The number of nitriles is 1. The van der Waals surface area contributed by atoms with Gasteiger partial charge in [-0.25, -0.2) is 4.98 Å². The third-order valence-electron chi connectivity index (χ3n) is 5.45. The Morgan fingerprint density at radius 1 is 1.18 bits per heavy atom. The molecule has 3 nitrogen and oxygen atoms in total. The van der Waals surface area contributed by atoms with E-state index in [2.05, 4.69) is 32.1 Å². The normalized spacial score (nSPS) is 20.5. The van der Waals surface area contributed by atoms with E-state index >= 15 is 0 Å². The molecule has 1 heterocycles. The first-order chi connectivity index (χ1) is 13.5. The van der Waals surface area contributed by atoms with Gasteiger partial charge in [0.1, 0.15) is 11.1 Å². The number of carbonyl (C=O) groups is 1. The van der Waals surface area contributed by atoms with Crippen LogP contribution in [0.15, 0.2) is 47.5 Å². The Kier molecular flexibility index (Phi) is 5.12. The van der Waals surface area contributed by atoms with Gasteiger partial charge in [0, 0.05) is 22.8 Å². The molecule has 2 aliphatic carbocycles. The van der Waals surface area contributed by atoms with Crippen LogP contribution in [0.25, 0.3) is 11.1 Å². The van der Waals surface area contributed by atoms with Gasteiger partial charge in [0.25, 0.3) is 0 Å². The number of hydrogen-bond donors (Lipinski definition) is 0. The summed E-state index contributed by atoms with van der Waals surface area (Å²) in [6.45, 7) is 4.24. The maximum absolute atomic E-state index is 13.1. The summed E-state index contributed by atoms with van der Waals surface area (Å²) in [5.41, 5.74) is 3.64. The van der Waals surface area contributed by atoms with Gasteiger partial charge in [0.15, 0.2) is 5.78 Å². The Hall–Kier alpha value is -2.38. The molecule has 0 fully saturated rings. The summed E-state index contributed by atoms with van der Waals surface area (Å²) < 4.78 is 0. The Bertz CT molecular complexity index is 986. The number of Topliss-reactive ketones (excluding diaryl/α,β-unsaturated/α-hetero) is 1. The van der Waals surface area contributed by atoms with Gasteiger partial charge in [-0.05, 0) is 36.7 Å². The zero-order valence-electron chi connectivity index (χ0n) is 16.4. The predicted molar refractivity (Wildman–Crippen MR) is 113 cm³/mol. The Labute approximate surface area is 170 Å². The van der Waals surface area contributed by atoms with E-state index in [1.54, 1.807) is 11.8 Å². The van der Waals surface area contributed by atoms with Crippen LogP contribution in [-0.4, -0.2) is 16.0 Å². The lowest BCUT2D eigenvalue weighted by molar-refractivity contribution is 0.0910. The Morgan fingerprint density at radius 3 is 2.64 bits per heavy atom. The molecule has 2 aliphatic rings. The average molecular weight is 389 g/mol. The van der Waals surface area contributed by atoms with E-state index in [-0.39, 0.29) is 11.2 Å². The second kappa shape index (κ2) is 7.56. The van der Waals surface area contributed by atoms with Crippen LogP contribution in [0, 0.1) is 16.7 Å². The van der Waals surface area contributed by atoms with Crippen LogP contribution < -0.4 is 0 Å². The summed E-state index contributed by atoms with van der Waals surface area (Å²) in [6.07, 6.45) is 9.08. The fourth-order valence-electron chi connectivity index (χ4n) is 4.18. The number of carbonyl (C=O) groups excluding carboxylic acids is 1. The number of allylic oxidation sites excluding steroid dienone is 1. The minimum atomic E-state index is -0.105. The summed E-state index contributed by atoms with van der Waals surface area (Å²) in [5.74, 6) is 0.100. The number of nitrogens with zero attached hydrogens (tertiary/aromatic N) is 2. The molecule has 0 saturated heterocycles. The van der Waals surface area contributed by atoms with Crippen molar-refractivity contribution in [2.45, 2.75) is 56.2 Å². The molecule has 0 saturated carbocycles. The van der Waals surface area contributed by atoms with Crippen LogP contribution in [-0.2, 0) is 6.42 Å². The van der Waals surface area contributed by atoms with Crippen LogP contribution in [0.2, 0.25) is 0 Å². The van der Waals surface area contributed by atoms with Crippen LogP contribution in [0.5, 0.6) is 0 Å². The molecule has 1 aromatic carbocycles. The van der Waals surface area contributed by atoms with E-state index in [9.17, 15) is 10.1 Å². The molecule has 142 valence electrons. The summed E-state index contributed by atoms with van der Waals surface area (Å²) in [6, 6.07) is 12.2. The molecule has 2 aromatic rings. The molecule has 0 unspecified atom stereocenters. The molecule has 0 N–H and O–H groups in total. The highest BCUT2D eigenvalue weighted by Crippen LogP contribution is 2.43. The summed E-state index contributed by atoms with van der Waals surface area (Å²) >= 11 is 1.67. The maximum Gasteiger partial charge on any atom is 0.165 e. The summed E-state index contributed by atoms with van der Waals surface area (Å²) in [7, 11) is 0. The first kappa shape index (κ1) is 19.0. The van der Waals surface area contributed by atoms with Gasteiger partial charge >= 0.3 is 0 Å². The fraction of sp³-hybridized carbons (Fsp3) is 0.375. The van der Waals surface area contributed by atoms with Gasteiger partial charge in [0.2, 0.25) is 0 Å². The zero-order chi connectivity index (χ0) is 19.7. The van der Waals surface area contributed by atoms with E-state index in [1.807, 2.05) is 30.3 Å². The van der Waals surface area contributed by atoms with Crippen molar-refractivity contribution in [1.82, 2.24) is 4.98 Å². The second-order valence-corrected chi connectivity index (χ2v) is 9.65. The van der Waals surface area contributed by atoms with E-state index in [4.69, 9.17) is 4.98 Å². The molecule has 28 heavy (non-hydrogen) atoms. The Morgan fingerprint density at radius 2 is 1.96 bits per heavy atom. The van der Waals surface area contributed by atoms with E-state index in [1.165, 1.54) is 0 Å². The standard InChI is InChI=1S/C24H24N2OS/c1-24(2)13-19-22(20(27)14-24)21(16-9-5-3-6-10-16)18(15-25)23(26-19)28-17-11-7-4-8-12-17/h3,5-7,9-11,17H,4,8,12-14H2,1-2H3/t17-/m1/s1. The van der Waals surface area contributed by atoms with Crippen molar-refractivity contribution < 1.29 is 4.79 Å². The number of benzene rings is 1. The number of pyridine rings is 1. The van der Waals surface area contributed by atoms with Gasteiger partial charge < -0.3 is 0 Å². The first-order valence-corrected chi connectivity index (χ1v) is 10.8. The van der Waals surface area contributed by atoms with Crippen molar-refractivity contribution in [3.05, 3.63) is 59.3 Å². The smallest absolute Gasteiger partial charge is 0.165 e. The molecule has 0 aliphatic heterocycles. The van der Waals surface area contributed by atoms with Gasteiger partial charge in [-0.1, -0.05) is 68.1 Å². The van der Waals surface area contributed by atoms with Gasteiger partial charge in [0.05, 0.1) is 11.3 Å². The lowest BCUT2D eigenvalue weighted by Gasteiger charge is -2.31. The lowest BCUT2D eigenvalue weighted by atomic mass is 9.73. The highest BCUT2D eigenvalue weighted by Gasteiger charge is 2.36. The van der Waals surface area contributed by atoms with Gasteiger partial charge in [-0.2, -0.15) is 5.26 Å². The molecule has 4 rings (SSSR count). The number of rotatable bonds is 3. The topological polar surface area (TPSA) is 53.8 Å². The van der Waals surface area contributed by atoms with E-state index in [0.29, 0.717) is 22.8 Å². The number of fused-ring (bicyclic) bond motifs is 1. The third kappa shape index (κ3) is 3.64. The maximum atomic E-state index is 13.1. The molecule has 0 bridgehead atoms. The summed E-state index contributed by atoms with van der Waals surface area (Å²) in [4.78, 5) is 18.0. The van der Waals surface area contributed by atoms with Crippen molar-refractivity contribution in [2.24, 2.45) is 5.41 Å². The average Bonchev–Trinajstić information content (AvgIpc) is 2.67. The van der Waals surface area contributed by atoms with Crippen molar-refractivity contribution in [3.8, 4) is 17.2 Å². The minimum Gasteiger partial charge on any atom is -0.294 e. The van der Waals surface area contributed by atoms with Crippen LogP contribution in [0.1, 0.15) is 61.1 Å². The lowest BCUT2D eigenvalue weighted by Crippen LogP contribution is -2.29. The van der Waals surface area contributed by atoms with Crippen LogP contribution in [0.4, 0.5) is 0 Å². The number of ketones is 1. The van der Waals surface area contributed by atoms with Crippen molar-refractivity contribution in [3.63, 3.8) is 0 Å². The van der Waals surface area contributed by atoms with E-state index in [0.717, 1.165) is 47.5 Å². The molecular weight excluding hydrogens is 364 g/mol. The number of thioether (sulfide) groups is 1. The Balaban J connectivity index is 1.93. The molecule has 0 amide bonds. The number of hydrogen-bond acceptors (Lipinski definition) is 4. The van der Waals surface area contributed by atoms with Crippen molar-refractivity contribution in [1.29, 1.82) is 5.26 Å². The molecule has 0 spiro atoms. The van der Waals surface area contributed by atoms with Gasteiger partial charge in [-0.15, -0.1) is 0 Å². The third-order valence-corrected chi connectivity index (χ3v) is 6.66. The van der Waals surface area contributed by atoms with Gasteiger partial charge in [-0.3, -0.25) is 4.79 Å². The molecule has 4 heteroatoms. The molecular formula is C24H24N2OS. The quantitative estimate of drug-likeness (QED) is 0.607. The SMILES string of the molecule is CC1(C)CC(=O)c2c(nc(S[C@@H]3C=CCCC3)c(C#N)c2-c2ccccc2)C1. The van der Waals surface area contributed by atoms with Crippen molar-refractivity contribution >= 4 is 17.5 Å². The highest BCUT2D eigenvalue weighted by atomic mass is 32.2. The van der Waals surface area contributed by atoms with Crippen LogP contribution in [0.3, 0.4) is 0 Å². The van der Waals surface area contributed by atoms with E-state index < -0.39 is 0 Å². The number of aromatic nitrogens is 1. The fourth-order valence-corrected chi connectivity index (χ4v) is 5.37. The summed E-state index contributed by atoms with van der Waals surface area (Å²) in [5, 5.41) is 11.1. The van der Waals surface area contributed by atoms with Crippen molar-refractivity contribution in [2.75, 3.05) is 0 Å². The second-order valence-electron chi connectivity index (χ2n) is 8.42. The first-order valence-electron chi connectivity index (χ1n) is 9.87. The predicted octanol–water partition coefficient (Wildman–Crippen LogP) is 5.98. The molecule has 1 aromatic heterocycles. The monoisotopic (exact) mass is 388 g/mol. The minimum absolute atomic E-state index is 0.100. The largest absolute Gasteiger partial charge is 0.294 e. The zero-order valence-corrected chi connectivity index (χ0v) is 17.2.